The minimum atomic E-state index is -4.79. The van der Waals surface area contributed by atoms with E-state index in [1.165, 1.54) is 10.8 Å². The molecule has 1 unspecified atom stereocenters. The number of rotatable bonds is 6. The third-order valence-electron chi connectivity index (χ3n) is 4.93. The lowest BCUT2D eigenvalue weighted by molar-refractivity contribution is -0.141. The van der Waals surface area contributed by atoms with Gasteiger partial charge >= 0.3 is 18.4 Å². The van der Waals surface area contributed by atoms with E-state index in [1.54, 1.807) is 0 Å². The van der Waals surface area contributed by atoms with Gasteiger partial charge in [-0.3, -0.25) is 5.32 Å². The molecule has 8 nitrogen and oxygen atoms in total. The highest BCUT2D eigenvalue weighted by Gasteiger charge is 2.33. The van der Waals surface area contributed by atoms with Gasteiger partial charge in [0.1, 0.15) is 18.1 Å². The highest BCUT2D eigenvalue weighted by Crippen LogP contribution is 2.33. The minimum absolute atomic E-state index is 0.0557. The summed E-state index contributed by atoms with van der Waals surface area (Å²) in [5, 5.41) is 4.49. The largest absolute Gasteiger partial charge is 0.433 e. The number of aromatic nitrogens is 1. The Hall–Kier alpha value is -2.91. The fourth-order valence-corrected chi connectivity index (χ4v) is 4.39. The van der Waals surface area contributed by atoms with Gasteiger partial charge in [-0.2, -0.15) is 26.3 Å². The van der Waals surface area contributed by atoms with Gasteiger partial charge in [-0.15, -0.1) is 0 Å². The smallest absolute Gasteiger partial charge is 0.381 e. The second-order valence-electron chi connectivity index (χ2n) is 7.59. The zero-order valence-electron chi connectivity index (χ0n) is 17.8. The molecule has 1 atom stereocenters. The van der Waals surface area contributed by atoms with Gasteiger partial charge in [0.25, 0.3) is 0 Å². The molecule has 1 aromatic heterocycles. The van der Waals surface area contributed by atoms with E-state index in [1.807, 2.05) is 0 Å². The third kappa shape index (κ3) is 7.53. The number of carbonyl (C=O) groups is 1. The predicted octanol–water partition coefficient (Wildman–Crippen LogP) is 4.48. The highest BCUT2D eigenvalue weighted by molar-refractivity contribution is 7.89. The number of nitrogens with zero attached hydrogens (tertiary/aromatic N) is 1. The van der Waals surface area contributed by atoms with Crippen LogP contribution in [-0.2, 0) is 20.9 Å². The second-order valence-corrected chi connectivity index (χ2v) is 9.35. The van der Waals surface area contributed by atoms with Crippen molar-refractivity contribution in [2.75, 3.05) is 30.4 Å². The van der Waals surface area contributed by atoms with Gasteiger partial charge in [0, 0.05) is 18.2 Å². The Labute approximate surface area is 196 Å². The molecule has 0 bridgehead atoms. The van der Waals surface area contributed by atoms with Gasteiger partial charge in [-0.1, -0.05) is 12.1 Å². The standard InChI is InChI=1S/C20H20F6N4O4S/c21-19(22,23)11-27-35(32,33)13-6-7-14(12-3-2-8-34-10-12)15(9-13)28-18(31)30-17-5-1-4-16(29-17)20(24,25)26/h1,4-7,9,12,27H,2-3,8,10-11H2,(H2,28,29,30,31). The number of benzene rings is 1. The van der Waals surface area contributed by atoms with E-state index in [9.17, 15) is 39.6 Å². The number of hydrogen-bond acceptors (Lipinski definition) is 5. The first-order valence-electron chi connectivity index (χ1n) is 10.1. The zero-order chi connectivity index (χ0) is 25.9. The first-order valence-corrected chi connectivity index (χ1v) is 11.6. The lowest BCUT2D eigenvalue weighted by Crippen LogP contribution is -2.34. The van der Waals surface area contributed by atoms with Crippen molar-refractivity contribution in [1.29, 1.82) is 0 Å². The van der Waals surface area contributed by atoms with E-state index in [0.717, 1.165) is 24.3 Å². The Morgan fingerprint density at radius 3 is 2.46 bits per heavy atom. The van der Waals surface area contributed by atoms with E-state index < -0.39 is 51.4 Å². The van der Waals surface area contributed by atoms with Crippen LogP contribution in [-0.4, -0.2) is 45.4 Å². The molecular weight excluding hydrogens is 506 g/mol. The van der Waals surface area contributed by atoms with Crippen LogP contribution in [0.2, 0.25) is 0 Å². The van der Waals surface area contributed by atoms with Crippen molar-refractivity contribution in [3.05, 3.63) is 47.7 Å². The average Bonchev–Trinajstić information content (AvgIpc) is 2.77. The summed E-state index contributed by atoms with van der Waals surface area (Å²) in [6.07, 6.45) is -8.22. The number of hydrogen-bond donors (Lipinski definition) is 3. The van der Waals surface area contributed by atoms with Crippen molar-refractivity contribution in [2.45, 2.75) is 36.0 Å². The first kappa shape index (κ1) is 26.7. The summed E-state index contributed by atoms with van der Waals surface area (Å²) in [7, 11) is -4.59. The summed E-state index contributed by atoms with van der Waals surface area (Å²) >= 11 is 0. The van der Waals surface area contributed by atoms with Gasteiger partial charge in [0.15, 0.2) is 0 Å². The molecule has 2 heterocycles. The van der Waals surface area contributed by atoms with Crippen LogP contribution in [0.4, 0.5) is 42.6 Å². The molecule has 3 N–H and O–H groups in total. The third-order valence-corrected chi connectivity index (χ3v) is 6.33. The summed E-state index contributed by atoms with van der Waals surface area (Å²) in [6.45, 7) is -1.03. The molecule has 3 rings (SSSR count). The lowest BCUT2D eigenvalue weighted by atomic mass is 9.92. The Morgan fingerprint density at radius 2 is 1.83 bits per heavy atom. The van der Waals surface area contributed by atoms with Crippen LogP contribution in [0.25, 0.3) is 0 Å². The maximum atomic E-state index is 12.9. The summed E-state index contributed by atoms with van der Waals surface area (Å²) in [6, 6.07) is 5.25. The topological polar surface area (TPSA) is 109 Å². The van der Waals surface area contributed by atoms with Crippen molar-refractivity contribution in [3.8, 4) is 0 Å². The van der Waals surface area contributed by atoms with Crippen molar-refractivity contribution >= 4 is 27.6 Å². The Morgan fingerprint density at radius 1 is 1.09 bits per heavy atom. The van der Waals surface area contributed by atoms with Gasteiger partial charge in [-0.25, -0.2) is 22.9 Å². The molecule has 0 spiro atoms. The van der Waals surface area contributed by atoms with Gasteiger partial charge in [-0.05, 0) is 42.7 Å². The summed E-state index contributed by atoms with van der Waals surface area (Å²) in [4.78, 5) is 15.3. The molecule has 1 aliphatic heterocycles. The van der Waals surface area contributed by atoms with Crippen molar-refractivity contribution in [3.63, 3.8) is 0 Å². The van der Waals surface area contributed by atoms with E-state index in [-0.39, 0.29) is 18.2 Å². The van der Waals surface area contributed by atoms with Crippen LogP contribution in [0.3, 0.4) is 0 Å². The van der Waals surface area contributed by atoms with Crippen molar-refractivity contribution in [1.82, 2.24) is 9.71 Å². The molecule has 2 aromatic rings. The minimum Gasteiger partial charge on any atom is -0.381 e. The number of sulfonamides is 1. The highest BCUT2D eigenvalue weighted by atomic mass is 32.2. The number of nitrogens with one attached hydrogen (secondary N) is 3. The fraction of sp³-hybridized carbons (Fsp3) is 0.400. The summed E-state index contributed by atoms with van der Waals surface area (Å²) in [5.74, 6) is -0.680. The average molecular weight is 526 g/mol. The number of alkyl halides is 6. The molecule has 0 radical (unpaired) electrons. The summed E-state index contributed by atoms with van der Waals surface area (Å²) in [5.41, 5.74) is -0.842. The van der Waals surface area contributed by atoms with Gasteiger partial charge < -0.3 is 10.1 Å². The lowest BCUT2D eigenvalue weighted by Gasteiger charge is -2.25. The van der Waals surface area contributed by atoms with Crippen LogP contribution in [0.5, 0.6) is 0 Å². The molecule has 1 aliphatic rings. The number of pyridine rings is 1. The number of ether oxygens (including phenoxy) is 1. The maximum absolute atomic E-state index is 12.9. The van der Waals surface area contributed by atoms with Gasteiger partial charge in [0.2, 0.25) is 10.0 Å². The monoisotopic (exact) mass is 526 g/mol. The molecule has 192 valence electrons. The maximum Gasteiger partial charge on any atom is 0.433 e. The van der Waals surface area contributed by atoms with Crippen LogP contribution >= 0.6 is 0 Å². The molecule has 0 saturated carbocycles. The predicted molar refractivity (Wildman–Crippen MR) is 112 cm³/mol. The van der Waals surface area contributed by atoms with Crippen LogP contribution in [0.15, 0.2) is 41.3 Å². The van der Waals surface area contributed by atoms with E-state index in [4.69, 9.17) is 4.74 Å². The van der Waals surface area contributed by atoms with Crippen LogP contribution in [0.1, 0.15) is 30.0 Å². The fourth-order valence-electron chi connectivity index (χ4n) is 3.35. The Kier molecular flexibility index (Phi) is 7.91. The molecule has 1 aromatic carbocycles. The zero-order valence-corrected chi connectivity index (χ0v) is 18.6. The molecule has 1 saturated heterocycles. The van der Waals surface area contributed by atoms with E-state index in [0.29, 0.717) is 31.1 Å². The molecule has 35 heavy (non-hydrogen) atoms. The quantitative estimate of drug-likeness (QED) is 0.481. The number of carbonyl (C=O) groups excluding carboxylic acids is 1. The first-order chi connectivity index (χ1) is 16.2. The molecule has 15 heteroatoms. The number of urea groups is 1. The molecule has 1 fully saturated rings. The Bertz CT molecular complexity index is 1160. The molecular formula is C20H20F6N4O4S. The normalized spacial score (nSPS) is 17.1. The molecule has 0 aliphatic carbocycles. The number of anilines is 2. The van der Waals surface area contributed by atoms with Crippen LogP contribution in [0, 0.1) is 0 Å². The van der Waals surface area contributed by atoms with Gasteiger partial charge in [0.05, 0.1) is 11.5 Å². The van der Waals surface area contributed by atoms with Crippen molar-refractivity contribution < 1.29 is 44.3 Å². The Balaban J connectivity index is 1.87. The van der Waals surface area contributed by atoms with E-state index in [2.05, 4.69) is 15.6 Å². The number of halogens is 6. The molecule has 2 amide bonds. The second kappa shape index (κ2) is 10.4. The van der Waals surface area contributed by atoms with Crippen molar-refractivity contribution in [2.24, 2.45) is 0 Å². The SMILES string of the molecule is O=C(Nc1cccc(C(F)(F)F)n1)Nc1cc(S(=O)(=O)NCC(F)(F)F)ccc1C1CCCOC1. The van der Waals surface area contributed by atoms with Crippen LogP contribution < -0.4 is 15.4 Å². The number of amides is 2. The van der Waals surface area contributed by atoms with E-state index >= 15 is 0 Å². The summed E-state index contributed by atoms with van der Waals surface area (Å²) < 4.78 is 108.